The highest BCUT2D eigenvalue weighted by Gasteiger charge is 2.58. The summed E-state index contributed by atoms with van der Waals surface area (Å²) in [5, 5.41) is 29.0. The monoisotopic (exact) mass is 300 g/mol. The summed E-state index contributed by atoms with van der Waals surface area (Å²) in [5.41, 5.74) is -3.68. The number of rotatable bonds is 4. The second-order valence-corrected chi connectivity index (χ2v) is 4.82. The highest BCUT2D eigenvalue weighted by atomic mass is 16.6. The van der Waals surface area contributed by atoms with Crippen molar-refractivity contribution in [3.05, 3.63) is 11.1 Å². The maximum absolute atomic E-state index is 12.0. The molecule has 0 saturated carbocycles. The number of aliphatic hydroxyl groups excluding tert-OH is 2. The van der Waals surface area contributed by atoms with Crippen LogP contribution in [0.4, 0.5) is 0 Å². The number of ketones is 2. The zero-order valence-electron chi connectivity index (χ0n) is 11.7. The number of carboxylic acid groups (broad SMARTS) is 1. The lowest BCUT2D eigenvalue weighted by molar-refractivity contribution is -0.183. The van der Waals surface area contributed by atoms with Gasteiger partial charge in [0.15, 0.2) is 11.6 Å². The number of carbonyl (C=O) groups is 4. The molecule has 21 heavy (non-hydrogen) atoms. The number of Topliss-reactive ketones (excluding diaryl/α,β-unsaturated/α-hetero) is 2. The molecule has 0 aliphatic heterocycles. The van der Waals surface area contributed by atoms with E-state index in [2.05, 4.69) is 0 Å². The van der Waals surface area contributed by atoms with E-state index >= 15 is 0 Å². The molecule has 0 aromatic rings. The number of carbonyl (C=O) groups excluding carboxylic acids is 3. The number of hydrogen-bond acceptors (Lipinski definition) is 7. The topological polar surface area (TPSA) is 138 Å². The molecular formula is C13H16O8. The molecule has 0 aromatic heterocycles. The van der Waals surface area contributed by atoms with E-state index in [9.17, 15) is 29.4 Å². The van der Waals surface area contributed by atoms with Gasteiger partial charge in [-0.1, -0.05) is 0 Å². The number of carboxylic acids is 1. The van der Waals surface area contributed by atoms with E-state index in [0.29, 0.717) is 0 Å². The standard InChI is InChI=1S/C13H16O8/c1-5(14)10-8(12(19)20)4-9(17)11(18)13(10,6(2)15)21-7(3)16/h9,11,17-18H,4H2,1-3H3,(H,19,20). The molecule has 0 spiro atoms. The Labute approximate surface area is 120 Å². The van der Waals surface area contributed by atoms with Crippen molar-refractivity contribution >= 4 is 23.5 Å². The molecule has 116 valence electrons. The minimum absolute atomic E-state index is 0.540. The molecule has 8 nitrogen and oxygen atoms in total. The first-order valence-corrected chi connectivity index (χ1v) is 6.10. The Kier molecular flexibility index (Phi) is 4.65. The molecule has 0 radical (unpaired) electrons. The van der Waals surface area contributed by atoms with Gasteiger partial charge in [0.1, 0.15) is 6.10 Å². The van der Waals surface area contributed by atoms with Gasteiger partial charge in [-0.15, -0.1) is 0 Å². The first kappa shape index (κ1) is 17.0. The van der Waals surface area contributed by atoms with Crippen molar-refractivity contribution in [3.63, 3.8) is 0 Å². The molecule has 1 aliphatic rings. The summed E-state index contributed by atoms with van der Waals surface area (Å²) in [6, 6.07) is 0. The van der Waals surface area contributed by atoms with Crippen molar-refractivity contribution in [1.29, 1.82) is 0 Å². The average molecular weight is 300 g/mol. The number of hydrogen-bond donors (Lipinski definition) is 3. The Bertz CT molecular complexity index is 546. The molecule has 3 atom stereocenters. The van der Waals surface area contributed by atoms with Gasteiger partial charge in [-0.3, -0.25) is 14.4 Å². The number of esters is 1. The molecule has 0 aromatic carbocycles. The van der Waals surface area contributed by atoms with Gasteiger partial charge in [-0.25, -0.2) is 4.79 Å². The van der Waals surface area contributed by atoms with Gasteiger partial charge in [0.2, 0.25) is 5.60 Å². The van der Waals surface area contributed by atoms with E-state index in [-0.39, 0.29) is 0 Å². The van der Waals surface area contributed by atoms with Crippen molar-refractivity contribution in [3.8, 4) is 0 Å². The van der Waals surface area contributed by atoms with E-state index in [1.54, 1.807) is 0 Å². The first-order valence-electron chi connectivity index (χ1n) is 6.10. The van der Waals surface area contributed by atoms with Crippen LogP contribution in [0.25, 0.3) is 0 Å². The molecule has 3 N–H and O–H groups in total. The minimum Gasteiger partial charge on any atom is -0.478 e. The molecule has 3 unspecified atom stereocenters. The largest absolute Gasteiger partial charge is 0.478 e. The second kappa shape index (κ2) is 5.74. The van der Waals surface area contributed by atoms with Crippen LogP contribution < -0.4 is 0 Å². The van der Waals surface area contributed by atoms with Crippen molar-refractivity contribution in [2.24, 2.45) is 0 Å². The summed E-state index contributed by atoms with van der Waals surface area (Å²) in [6.45, 7) is 2.87. The summed E-state index contributed by atoms with van der Waals surface area (Å²) >= 11 is 0. The fourth-order valence-corrected chi connectivity index (χ4v) is 2.53. The fraction of sp³-hybridized carbons (Fsp3) is 0.538. The van der Waals surface area contributed by atoms with E-state index in [4.69, 9.17) is 9.84 Å². The zero-order chi connectivity index (χ0) is 16.5. The van der Waals surface area contributed by atoms with Gasteiger partial charge in [0.05, 0.1) is 17.3 Å². The number of ether oxygens (including phenoxy) is 1. The number of aliphatic carboxylic acids is 1. The highest BCUT2D eigenvalue weighted by Crippen LogP contribution is 2.39. The normalized spacial score (nSPS) is 29.0. The van der Waals surface area contributed by atoms with Crippen molar-refractivity contribution in [2.75, 3.05) is 0 Å². The summed E-state index contributed by atoms with van der Waals surface area (Å²) in [7, 11) is 0. The maximum Gasteiger partial charge on any atom is 0.332 e. The minimum atomic E-state index is -2.51. The van der Waals surface area contributed by atoms with Crippen LogP contribution in [0.3, 0.4) is 0 Å². The van der Waals surface area contributed by atoms with Gasteiger partial charge in [-0.2, -0.15) is 0 Å². The summed E-state index contributed by atoms with van der Waals surface area (Å²) < 4.78 is 4.84. The van der Waals surface area contributed by atoms with E-state index in [0.717, 1.165) is 20.8 Å². The molecule has 8 heteroatoms. The van der Waals surface area contributed by atoms with E-state index in [1.165, 1.54) is 0 Å². The van der Waals surface area contributed by atoms with Gasteiger partial charge < -0.3 is 20.1 Å². The summed E-state index contributed by atoms with van der Waals surface area (Å²) in [5.74, 6) is -4.33. The van der Waals surface area contributed by atoms with Gasteiger partial charge in [0.25, 0.3) is 0 Å². The molecule has 0 saturated heterocycles. The molecule has 1 rings (SSSR count). The third-order valence-corrected chi connectivity index (χ3v) is 3.31. The Morgan fingerprint density at radius 1 is 1.14 bits per heavy atom. The molecular weight excluding hydrogens is 284 g/mol. The van der Waals surface area contributed by atoms with Crippen molar-refractivity contribution in [1.82, 2.24) is 0 Å². The average Bonchev–Trinajstić information content (AvgIpc) is 2.32. The van der Waals surface area contributed by atoms with E-state index < -0.39 is 58.9 Å². The SMILES string of the molecule is CC(=O)OC1(C(C)=O)C(C(C)=O)=C(C(=O)O)CC(O)C1O. The van der Waals surface area contributed by atoms with E-state index in [1.807, 2.05) is 0 Å². The van der Waals surface area contributed by atoms with Crippen LogP contribution in [0.5, 0.6) is 0 Å². The lowest BCUT2D eigenvalue weighted by Crippen LogP contribution is -2.62. The Hall–Kier alpha value is -2.06. The Morgan fingerprint density at radius 3 is 2.00 bits per heavy atom. The van der Waals surface area contributed by atoms with Crippen LogP contribution in [0.2, 0.25) is 0 Å². The van der Waals surface area contributed by atoms with Crippen LogP contribution in [-0.2, 0) is 23.9 Å². The van der Waals surface area contributed by atoms with Crippen LogP contribution in [0, 0.1) is 0 Å². The van der Waals surface area contributed by atoms with Gasteiger partial charge >= 0.3 is 11.9 Å². The summed E-state index contributed by atoms with van der Waals surface area (Å²) in [6.07, 6.45) is -4.13. The zero-order valence-corrected chi connectivity index (χ0v) is 11.7. The third kappa shape index (κ3) is 2.72. The summed E-state index contributed by atoms with van der Waals surface area (Å²) in [4.78, 5) is 46.3. The molecule has 0 fully saturated rings. The van der Waals surface area contributed by atoms with Crippen LogP contribution in [0.1, 0.15) is 27.2 Å². The van der Waals surface area contributed by atoms with Crippen LogP contribution in [0.15, 0.2) is 11.1 Å². The highest BCUT2D eigenvalue weighted by molar-refractivity contribution is 6.11. The Balaban J connectivity index is 3.77. The lowest BCUT2D eigenvalue weighted by atomic mass is 9.71. The van der Waals surface area contributed by atoms with Crippen LogP contribution >= 0.6 is 0 Å². The number of aliphatic hydroxyl groups is 2. The fourth-order valence-electron chi connectivity index (χ4n) is 2.53. The van der Waals surface area contributed by atoms with Crippen molar-refractivity contribution < 1.29 is 39.2 Å². The molecule has 0 bridgehead atoms. The predicted octanol–water partition coefficient (Wildman–Crippen LogP) is -1.03. The Morgan fingerprint density at radius 2 is 1.67 bits per heavy atom. The molecule has 1 aliphatic carbocycles. The van der Waals surface area contributed by atoms with Crippen molar-refractivity contribution in [2.45, 2.75) is 45.0 Å². The van der Waals surface area contributed by atoms with Gasteiger partial charge in [-0.05, 0) is 13.8 Å². The smallest absolute Gasteiger partial charge is 0.332 e. The maximum atomic E-state index is 12.0. The third-order valence-electron chi connectivity index (χ3n) is 3.31. The predicted molar refractivity (Wildman–Crippen MR) is 67.2 cm³/mol. The van der Waals surface area contributed by atoms with Crippen LogP contribution in [-0.4, -0.2) is 56.6 Å². The quantitative estimate of drug-likeness (QED) is 0.560. The van der Waals surface area contributed by atoms with Gasteiger partial charge in [0, 0.05) is 13.3 Å². The lowest BCUT2D eigenvalue weighted by Gasteiger charge is -2.42. The molecule has 0 heterocycles. The first-order chi connectivity index (χ1) is 9.55. The molecule has 0 amide bonds. The second-order valence-electron chi connectivity index (χ2n) is 4.82.